The molecule has 0 aliphatic carbocycles. The van der Waals surface area contributed by atoms with E-state index in [1.165, 1.54) is 12.8 Å². The maximum absolute atomic E-state index is 5.81. The number of oxazole rings is 1. The van der Waals surface area contributed by atoms with Crippen LogP contribution in [0.3, 0.4) is 0 Å². The summed E-state index contributed by atoms with van der Waals surface area (Å²) in [6.07, 6.45) is 2.43. The molecule has 19 heavy (non-hydrogen) atoms. The molecule has 0 radical (unpaired) electrons. The lowest BCUT2D eigenvalue weighted by Crippen LogP contribution is -2.35. The molecule has 2 aromatic heterocycles. The normalized spacial score (nSPS) is 20.2. The fourth-order valence-corrected chi connectivity index (χ4v) is 3.29. The Hall–Kier alpha value is -1.17. The second-order valence-electron chi connectivity index (χ2n) is 5.00. The highest BCUT2D eigenvalue weighted by Crippen LogP contribution is 2.27. The molecule has 2 aromatic rings. The molecule has 1 aliphatic heterocycles. The molecule has 5 heteroatoms. The van der Waals surface area contributed by atoms with E-state index in [2.05, 4.69) is 9.88 Å². The number of thiophene rings is 1. The molecular formula is C14H19N3OS. The first kappa shape index (κ1) is 12.8. The average molecular weight is 277 g/mol. The summed E-state index contributed by atoms with van der Waals surface area (Å²) in [6.45, 7) is 4.69. The molecule has 2 N–H and O–H groups in total. The fraction of sp³-hybridized carbons (Fsp3) is 0.500. The van der Waals surface area contributed by atoms with Gasteiger partial charge < -0.3 is 10.2 Å². The van der Waals surface area contributed by atoms with E-state index in [1.54, 1.807) is 11.3 Å². The van der Waals surface area contributed by atoms with Crippen molar-refractivity contribution >= 4 is 11.3 Å². The van der Waals surface area contributed by atoms with Crippen LogP contribution in [0.4, 0.5) is 0 Å². The molecule has 1 atom stereocenters. The Bertz CT molecular complexity index is 535. The van der Waals surface area contributed by atoms with Gasteiger partial charge in [-0.1, -0.05) is 6.07 Å². The van der Waals surface area contributed by atoms with Crippen molar-refractivity contribution in [3.8, 4) is 10.8 Å². The van der Waals surface area contributed by atoms with E-state index in [4.69, 9.17) is 10.2 Å². The van der Waals surface area contributed by atoms with Gasteiger partial charge in [0.1, 0.15) is 5.76 Å². The number of nitrogens with zero attached hydrogens (tertiary/aromatic N) is 2. The van der Waals surface area contributed by atoms with Gasteiger partial charge in [0.15, 0.2) is 0 Å². The van der Waals surface area contributed by atoms with Gasteiger partial charge in [0, 0.05) is 19.1 Å². The molecule has 0 bridgehead atoms. The predicted molar refractivity (Wildman–Crippen MR) is 77.0 cm³/mol. The minimum Gasteiger partial charge on any atom is -0.440 e. The summed E-state index contributed by atoms with van der Waals surface area (Å²) in [5.74, 6) is 1.66. The number of rotatable bonds is 4. The monoisotopic (exact) mass is 277 g/mol. The Morgan fingerprint density at radius 2 is 2.47 bits per heavy atom. The zero-order valence-corrected chi connectivity index (χ0v) is 11.9. The fourth-order valence-electron chi connectivity index (χ4n) is 2.64. The molecular weight excluding hydrogens is 258 g/mol. The minimum atomic E-state index is 0.501. The van der Waals surface area contributed by atoms with Crippen LogP contribution in [0.1, 0.15) is 24.3 Å². The quantitative estimate of drug-likeness (QED) is 0.933. The van der Waals surface area contributed by atoms with Crippen molar-refractivity contribution in [2.75, 3.05) is 13.1 Å². The van der Waals surface area contributed by atoms with Crippen LogP contribution in [0.25, 0.3) is 10.8 Å². The molecule has 0 saturated carbocycles. The van der Waals surface area contributed by atoms with Gasteiger partial charge in [-0.05, 0) is 37.8 Å². The molecule has 1 saturated heterocycles. The van der Waals surface area contributed by atoms with Crippen molar-refractivity contribution in [1.82, 2.24) is 9.88 Å². The van der Waals surface area contributed by atoms with E-state index in [-0.39, 0.29) is 0 Å². The van der Waals surface area contributed by atoms with E-state index < -0.39 is 0 Å². The van der Waals surface area contributed by atoms with E-state index in [9.17, 15) is 0 Å². The number of hydrogen-bond donors (Lipinski definition) is 1. The number of nitrogens with two attached hydrogens (primary N) is 1. The molecule has 3 rings (SSSR count). The van der Waals surface area contributed by atoms with Crippen LogP contribution in [-0.2, 0) is 6.54 Å². The highest BCUT2D eigenvalue weighted by atomic mass is 32.1. The number of likely N-dealkylation sites (tertiary alicyclic amines) is 1. The first-order valence-electron chi connectivity index (χ1n) is 6.72. The zero-order chi connectivity index (χ0) is 13.2. The second-order valence-corrected chi connectivity index (χ2v) is 5.95. The third-order valence-corrected chi connectivity index (χ3v) is 4.61. The summed E-state index contributed by atoms with van der Waals surface area (Å²) in [5, 5.41) is 2.04. The number of aromatic nitrogens is 1. The first-order valence-corrected chi connectivity index (χ1v) is 7.60. The van der Waals surface area contributed by atoms with Crippen molar-refractivity contribution in [2.24, 2.45) is 5.73 Å². The molecule has 1 aliphatic rings. The Morgan fingerprint density at radius 1 is 1.58 bits per heavy atom. The van der Waals surface area contributed by atoms with Gasteiger partial charge in [0.05, 0.1) is 10.6 Å². The Morgan fingerprint density at radius 3 is 3.21 bits per heavy atom. The minimum absolute atomic E-state index is 0.501. The molecule has 4 nitrogen and oxygen atoms in total. The summed E-state index contributed by atoms with van der Waals surface area (Å²) in [6, 6.07) is 4.56. The van der Waals surface area contributed by atoms with Crippen LogP contribution in [-0.4, -0.2) is 29.0 Å². The van der Waals surface area contributed by atoms with Crippen molar-refractivity contribution in [2.45, 2.75) is 32.4 Å². The summed E-state index contributed by atoms with van der Waals surface area (Å²) in [7, 11) is 0. The van der Waals surface area contributed by atoms with Crippen LogP contribution in [0.2, 0.25) is 0 Å². The summed E-state index contributed by atoms with van der Waals surface area (Å²) < 4.78 is 5.78. The Kier molecular flexibility index (Phi) is 3.68. The van der Waals surface area contributed by atoms with Gasteiger partial charge in [-0.2, -0.15) is 0 Å². The molecule has 0 aromatic carbocycles. The Labute approximate surface area is 117 Å². The summed E-state index contributed by atoms with van der Waals surface area (Å²) in [5.41, 5.74) is 6.86. The molecule has 1 unspecified atom stereocenters. The molecule has 3 heterocycles. The van der Waals surface area contributed by atoms with Gasteiger partial charge in [0.25, 0.3) is 0 Å². The molecule has 0 spiro atoms. The van der Waals surface area contributed by atoms with E-state index in [1.807, 2.05) is 24.4 Å². The Balaban J connectivity index is 1.78. The van der Waals surface area contributed by atoms with Crippen molar-refractivity contribution < 1.29 is 4.42 Å². The second kappa shape index (κ2) is 5.45. The van der Waals surface area contributed by atoms with Gasteiger partial charge in [-0.3, -0.25) is 4.90 Å². The number of hydrogen-bond acceptors (Lipinski definition) is 5. The average Bonchev–Trinajstić information content (AvgIpc) is 3.11. The summed E-state index contributed by atoms with van der Waals surface area (Å²) in [4.78, 5) is 8.15. The topological polar surface area (TPSA) is 55.3 Å². The van der Waals surface area contributed by atoms with E-state index >= 15 is 0 Å². The van der Waals surface area contributed by atoms with Gasteiger partial charge in [-0.25, -0.2) is 4.98 Å². The predicted octanol–water partition coefficient (Wildman–Crippen LogP) is 2.63. The summed E-state index contributed by atoms with van der Waals surface area (Å²) >= 11 is 1.66. The molecule has 0 amide bonds. The lowest BCUT2D eigenvalue weighted by Gasteiger charge is -2.21. The van der Waals surface area contributed by atoms with Gasteiger partial charge in [-0.15, -0.1) is 11.3 Å². The largest absolute Gasteiger partial charge is 0.440 e. The van der Waals surface area contributed by atoms with E-state index in [0.29, 0.717) is 6.04 Å². The maximum Gasteiger partial charge on any atom is 0.236 e. The van der Waals surface area contributed by atoms with Crippen LogP contribution in [0, 0.1) is 6.92 Å². The third-order valence-electron chi connectivity index (χ3n) is 3.75. The zero-order valence-electron chi connectivity index (χ0n) is 11.1. The van der Waals surface area contributed by atoms with Crippen molar-refractivity contribution in [3.05, 3.63) is 29.0 Å². The van der Waals surface area contributed by atoms with Crippen LogP contribution in [0.15, 0.2) is 21.9 Å². The standard InChI is InChI=1S/C14H19N3OS/c1-10-12(9-17-6-2-4-11(17)8-15)16-14(18-10)13-5-3-7-19-13/h3,5,7,11H,2,4,6,8-9,15H2,1H3. The lowest BCUT2D eigenvalue weighted by molar-refractivity contribution is 0.246. The van der Waals surface area contributed by atoms with Crippen LogP contribution < -0.4 is 5.73 Å². The number of aryl methyl sites for hydroxylation is 1. The van der Waals surface area contributed by atoms with Gasteiger partial charge in [0.2, 0.25) is 5.89 Å². The van der Waals surface area contributed by atoms with E-state index in [0.717, 1.165) is 41.9 Å². The first-order chi connectivity index (χ1) is 9.28. The maximum atomic E-state index is 5.81. The highest BCUT2D eigenvalue weighted by Gasteiger charge is 2.25. The van der Waals surface area contributed by atoms with Crippen molar-refractivity contribution in [3.63, 3.8) is 0 Å². The molecule has 102 valence electrons. The SMILES string of the molecule is Cc1oc(-c2cccs2)nc1CN1CCCC1CN. The third kappa shape index (κ3) is 2.59. The molecule has 1 fully saturated rings. The van der Waals surface area contributed by atoms with Gasteiger partial charge >= 0.3 is 0 Å². The van der Waals surface area contributed by atoms with Crippen LogP contribution in [0.5, 0.6) is 0 Å². The highest BCUT2D eigenvalue weighted by molar-refractivity contribution is 7.13. The lowest BCUT2D eigenvalue weighted by atomic mass is 10.2. The van der Waals surface area contributed by atoms with Crippen LogP contribution >= 0.6 is 11.3 Å². The van der Waals surface area contributed by atoms with Crippen molar-refractivity contribution in [1.29, 1.82) is 0 Å². The smallest absolute Gasteiger partial charge is 0.236 e.